The minimum absolute atomic E-state index is 0.222. The number of para-hydroxylation sites is 2. The van der Waals surface area contributed by atoms with Crippen LogP contribution in [-0.4, -0.2) is 51.6 Å². The van der Waals surface area contributed by atoms with Crippen molar-refractivity contribution in [3.05, 3.63) is 83.9 Å². The van der Waals surface area contributed by atoms with Crippen LogP contribution in [0.25, 0.3) is 0 Å². The first kappa shape index (κ1) is 25.6. The lowest BCUT2D eigenvalue weighted by Crippen LogP contribution is -2.34. The number of anilines is 4. The number of nitrogen functional groups attached to an aromatic ring is 1. The van der Waals surface area contributed by atoms with E-state index in [0.717, 1.165) is 17.8 Å². The van der Waals surface area contributed by atoms with Crippen molar-refractivity contribution >= 4 is 34.7 Å². The van der Waals surface area contributed by atoms with E-state index in [0.29, 0.717) is 29.0 Å². The van der Waals surface area contributed by atoms with E-state index in [-0.39, 0.29) is 18.0 Å². The molecule has 1 unspecified atom stereocenters. The van der Waals surface area contributed by atoms with Gasteiger partial charge in [-0.05, 0) is 81.2 Å². The molecule has 3 aromatic rings. The number of carbonyl (C=O) groups is 2. The van der Waals surface area contributed by atoms with Gasteiger partial charge < -0.3 is 31.5 Å². The Kier molecular flexibility index (Phi) is 8.69. The Labute approximate surface area is 207 Å². The van der Waals surface area contributed by atoms with Gasteiger partial charge in [-0.15, -0.1) is 0 Å². The fourth-order valence-electron chi connectivity index (χ4n) is 3.55. The maximum atomic E-state index is 12.7. The minimum Gasteiger partial charge on any atom is -0.397 e. The van der Waals surface area contributed by atoms with Gasteiger partial charge >= 0.3 is 6.03 Å². The number of nitrogens with two attached hydrogens (primary N) is 1. The monoisotopic (exact) mass is 474 g/mol. The molecule has 3 aromatic carbocycles. The van der Waals surface area contributed by atoms with Crippen LogP contribution in [0.1, 0.15) is 28.4 Å². The second-order valence-corrected chi connectivity index (χ2v) is 8.85. The zero-order valence-electron chi connectivity index (χ0n) is 20.7. The largest absolute Gasteiger partial charge is 0.397 e. The third kappa shape index (κ3) is 7.48. The van der Waals surface area contributed by atoms with Gasteiger partial charge in [0.05, 0.1) is 17.4 Å². The lowest BCUT2D eigenvalue weighted by molar-refractivity contribution is 0.102. The Bertz CT molecular complexity index is 1130. The Hall–Kier alpha value is -4.04. The molecule has 0 aliphatic heterocycles. The smallest absolute Gasteiger partial charge is 0.319 e. The van der Waals surface area contributed by atoms with Crippen LogP contribution in [0.3, 0.4) is 0 Å². The van der Waals surface area contributed by atoms with Crippen molar-refractivity contribution in [2.24, 2.45) is 0 Å². The van der Waals surface area contributed by atoms with Crippen molar-refractivity contribution in [3.8, 4) is 0 Å². The van der Waals surface area contributed by atoms with E-state index in [1.165, 1.54) is 0 Å². The molecule has 35 heavy (non-hydrogen) atoms. The molecule has 0 aliphatic carbocycles. The lowest BCUT2D eigenvalue weighted by Gasteiger charge is -2.22. The normalized spacial score (nSPS) is 11.6. The van der Waals surface area contributed by atoms with Crippen LogP contribution in [0, 0.1) is 0 Å². The van der Waals surface area contributed by atoms with Gasteiger partial charge in [0, 0.05) is 31.0 Å². The molecular formula is C27H34N6O2. The number of nitrogens with zero attached hydrogens (tertiary/aromatic N) is 2. The van der Waals surface area contributed by atoms with Crippen molar-refractivity contribution in [1.29, 1.82) is 0 Å². The summed E-state index contributed by atoms with van der Waals surface area (Å²) in [5.41, 5.74) is 10.2. The summed E-state index contributed by atoms with van der Waals surface area (Å²) >= 11 is 0. The van der Waals surface area contributed by atoms with Gasteiger partial charge in [-0.25, -0.2) is 4.79 Å². The molecule has 3 amide bonds. The molecular weight excluding hydrogens is 440 g/mol. The third-order valence-electron chi connectivity index (χ3n) is 5.60. The van der Waals surface area contributed by atoms with E-state index in [9.17, 15) is 9.59 Å². The molecule has 5 N–H and O–H groups in total. The van der Waals surface area contributed by atoms with E-state index in [1.807, 2.05) is 81.6 Å². The van der Waals surface area contributed by atoms with Crippen molar-refractivity contribution in [3.63, 3.8) is 0 Å². The Balaban J connectivity index is 1.68. The van der Waals surface area contributed by atoms with E-state index in [4.69, 9.17) is 5.73 Å². The van der Waals surface area contributed by atoms with E-state index < -0.39 is 0 Å². The molecule has 3 rings (SSSR count). The molecule has 0 saturated carbocycles. The second-order valence-electron chi connectivity index (χ2n) is 8.85. The molecule has 0 fully saturated rings. The maximum absolute atomic E-state index is 12.7. The molecule has 0 radical (unpaired) electrons. The van der Waals surface area contributed by atoms with Crippen LogP contribution >= 0.6 is 0 Å². The molecule has 184 valence electrons. The molecule has 1 atom stereocenters. The molecule has 0 aromatic heterocycles. The summed E-state index contributed by atoms with van der Waals surface area (Å²) in [5.74, 6) is -0.244. The zero-order chi connectivity index (χ0) is 25.4. The Morgan fingerprint density at radius 2 is 1.51 bits per heavy atom. The summed E-state index contributed by atoms with van der Waals surface area (Å²) in [5, 5.41) is 8.80. The number of rotatable bonds is 9. The zero-order valence-corrected chi connectivity index (χ0v) is 20.7. The SMILES string of the molecule is CN(C)CCC(NC(=O)Nc1ccc(N(C)C)cc1)c1ccc(C(=O)Nc2ccccc2N)cc1. The molecule has 8 nitrogen and oxygen atoms in total. The van der Waals surface area contributed by atoms with Crippen LogP contribution in [0.4, 0.5) is 27.5 Å². The molecule has 0 heterocycles. The van der Waals surface area contributed by atoms with Gasteiger partial charge in [-0.3, -0.25) is 4.79 Å². The van der Waals surface area contributed by atoms with Gasteiger partial charge in [0.15, 0.2) is 0 Å². The van der Waals surface area contributed by atoms with Gasteiger partial charge in [0.25, 0.3) is 5.91 Å². The second kappa shape index (κ2) is 11.9. The molecule has 0 saturated heterocycles. The number of hydrogen-bond donors (Lipinski definition) is 4. The number of nitrogens with one attached hydrogen (secondary N) is 3. The molecule has 8 heteroatoms. The van der Waals surface area contributed by atoms with Gasteiger partial charge in [0.2, 0.25) is 0 Å². The topological polar surface area (TPSA) is 103 Å². The average molecular weight is 475 g/mol. The van der Waals surface area contributed by atoms with Crippen molar-refractivity contribution < 1.29 is 9.59 Å². The average Bonchev–Trinajstić information content (AvgIpc) is 2.83. The summed E-state index contributed by atoms with van der Waals surface area (Å²) in [6, 6.07) is 21.5. The number of hydrogen-bond acceptors (Lipinski definition) is 5. The predicted octanol–water partition coefficient (Wildman–Crippen LogP) is 4.40. The highest BCUT2D eigenvalue weighted by atomic mass is 16.2. The number of amides is 3. The first-order chi connectivity index (χ1) is 16.7. The Morgan fingerprint density at radius 3 is 2.11 bits per heavy atom. The fourth-order valence-corrected chi connectivity index (χ4v) is 3.55. The van der Waals surface area contributed by atoms with Crippen molar-refractivity contribution in [2.45, 2.75) is 12.5 Å². The van der Waals surface area contributed by atoms with Gasteiger partial charge in [0.1, 0.15) is 0 Å². The first-order valence-corrected chi connectivity index (χ1v) is 11.5. The van der Waals surface area contributed by atoms with E-state index in [2.05, 4.69) is 20.9 Å². The van der Waals surface area contributed by atoms with Crippen molar-refractivity contribution in [1.82, 2.24) is 10.2 Å². The molecule has 0 aliphatic rings. The summed E-state index contributed by atoms with van der Waals surface area (Å²) in [6.07, 6.45) is 0.714. The van der Waals surface area contributed by atoms with Crippen LogP contribution in [0.2, 0.25) is 0 Å². The van der Waals surface area contributed by atoms with Crippen molar-refractivity contribution in [2.75, 3.05) is 56.0 Å². The van der Waals surface area contributed by atoms with Gasteiger partial charge in [-0.2, -0.15) is 0 Å². The standard InChI is InChI=1S/C27H34N6O2/c1-32(2)18-17-24(31-27(35)29-21-13-15-22(16-14-21)33(3)4)19-9-11-20(12-10-19)26(34)30-25-8-6-5-7-23(25)28/h5-16,24H,17-18,28H2,1-4H3,(H,30,34)(H2,29,31,35). The summed E-state index contributed by atoms with van der Waals surface area (Å²) < 4.78 is 0. The van der Waals surface area contributed by atoms with Crippen LogP contribution in [0.15, 0.2) is 72.8 Å². The highest BCUT2D eigenvalue weighted by Crippen LogP contribution is 2.21. The number of benzene rings is 3. The van der Waals surface area contributed by atoms with Crippen LogP contribution < -0.4 is 26.6 Å². The summed E-state index contributed by atoms with van der Waals surface area (Å²) in [4.78, 5) is 29.5. The fraction of sp³-hybridized carbons (Fsp3) is 0.259. The summed E-state index contributed by atoms with van der Waals surface area (Å²) in [7, 11) is 7.92. The maximum Gasteiger partial charge on any atom is 0.319 e. The summed E-state index contributed by atoms with van der Waals surface area (Å²) in [6.45, 7) is 0.790. The van der Waals surface area contributed by atoms with Crippen LogP contribution in [0.5, 0.6) is 0 Å². The number of carbonyl (C=O) groups excluding carboxylic acids is 2. The van der Waals surface area contributed by atoms with E-state index >= 15 is 0 Å². The predicted molar refractivity (Wildman–Crippen MR) is 144 cm³/mol. The third-order valence-corrected chi connectivity index (χ3v) is 5.60. The lowest BCUT2D eigenvalue weighted by atomic mass is 10.0. The molecule has 0 spiro atoms. The van der Waals surface area contributed by atoms with Crippen LogP contribution in [-0.2, 0) is 0 Å². The minimum atomic E-state index is -0.285. The number of urea groups is 1. The highest BCUT2D eigenvalue weighted by molar-refractivity contribution is 6.05. The quantitative estimate of drug-likeness (QED) is 0.344. The van der Waals surface area contributed by atoms with Gasteiger partial charge in [-0.1, -0.05) is 24.3 Å². The van der Waals surface area contributed by atoms with E-state index in [1.54, 1.807) is 24.3 Å². The Morgan fingerprint density at radius 1 is 0.857 bits per heavy atom. The first-order valence-electron chi connectivity index (χ1n) is 11.5. The highest BCUT2D eigenvalue weighted by Gasteiger charge is 2.16. The molecule has 0 bridgehead atoms.